The fourth-order valence-electron chi connectivity index (χ4n) is 2.87. The number of fused-ring (bicyclic) bond motifs is 1. The highest BCUT2D eigenvalue weighted by Crippen LogP contribution is 2.29. The molecule has 0 N–H and O–H groups in total. The largest absolute Gasteiger partial charge is 0.292 e. The van der Waals surface area contributed by atoms with Gasteiger partial charge in [0.05, 0.1) is 6.07 Å². The maximum atomic E-state index is 12.7. The summed E-state index contributed by atoms with van der Waals surface area (Å²) in [5.41, 5.74) is 3.95. The quantitative estimate of drug-likeness (QED) is 0.776. The van der Waals surface area contributed by atoms with Crippen molar-refractivity contribution in [3.05, 3.63) is 69.2 Å². The molecule has 0 heterocycles. The van der Waals surface area contributed by atoms with Crippen molar-refractivity contribution in [1.29, 1.82) is 5.26 Å². The molecule has 3 rings (SSSR count). The van der Waals surface area contributed by atoms with Crippen molar-refractivity contribution in [2.24, 2.45) is 0 Å². The number of carbonyl (C=O) groups is 1. The summed E-state index contributed by atoms with van der Waals surface area (Å²) in [7, 11) is 0. The third-order valence-electron chi connectivity index (χ3n) is 3.99. The number of hydrogen-bond acceptors (Lipinski definition) is 2. The molecular weight excluding hydrogens is 326 g/mol. The van der Waals surface area contributed by atoms with Gasteiger partial charge >= 0.3 is 0 Å². The van der Waals surface area contributed by atoms with Crippen molar-refractivity contribution < 1.29 is 4.79 Å². The molecule has 21 heavy (non-hydrogen) atoms. The summed E-state index contributed by atoms with van der Waals surface area (Å²) in [5, 5.41) is 9.44. The summed E-state index contributed by atoms with van der Waals surface area (Å²) in [4.78, 5) is 12.7. The molecule has 2 aromatic carbocycles. The lowest BCUT2D eigenvalue weighted by molar-refractivity contribution is 0.0978. The highest BCUT2D eigenvalue weighted by molar-refractivity contribution is 9.10. The zero-order valence-corrected chi connectivity index (χ0v) is 13.1. The van der Waals surface area contributed by atoms with Gasteiger partial charge in [0.15, 0.2) is 5.78 Å². The zero-order valence-electron chi connectivity index (χ0n) is 11.5. The predicted molar refractivity (Wildman–Crippen MR) is 85.3 cm³/mol. The summed E-state index contributed by atoms with van der Waals surface area (Å²) in [5.74, 6) is -0.890. The number of benzene rings is 2. The highest BCUT2D eigenvalue weighted by Gasteiger charge is 2.24. The Kier molecular flexibility index (Phi) is 3.90. The molecule has 1 atom stereocenters. The van der Waals surface area contributed by atoms with Crippen LogP contribution in [0.25, 0.3) is 0 Å². The van der Waals surface area contributed by atoms with E-state index in [4.69, 9.17) is 0 Å². The molecule has 0 spiro atoms. The number of nitriles is 1. The van der Waals surface area contributed by atoms with E-state index in [1.807, 2.05) is 42.5 Å². The zero-order chi connectivity index (χ0) is 14.8. The normalized spacial score (nSPS) is 14.3. The number of aryl methyl sites for hydroxylation is 2. The van der Waals surface area contributed by atoms with Crippen LogP contribution in [0, 0.1) is 11.3 Å². The molecule has 0 saturated heterocycles. The second-order valence-corrected chi connectivity index (χ2v) is 6.14. The average Bonchev–Trinajstić information content (AvgIpc) is 2.97. The molecule has 0 radical (unpaired) electrons. The van der Waals surface area contributed by atoms with Gasteiger partial charge in [0, 0.05) is 10.0 Å². The van der Waals surface area contributed by atoms with E-state index in [2.05, 4.69) is 22.0 Å². The van der Waals surface area contributed by atoms with Gasteiger partial charge in [-0.05, 0) is 48.1 Å². The molecule has 3 heteroatoms. The Hall–Kier alpha value is -1.92. The molecule has 2 aromatic rings. The van der Waals surface area contributed by atoms with Gasteiger partial charge in [-0.2, -0.15) is 5.26 Å². The molecule has 1 aliphatic carbocycles. The minimum atomic E-state index is -0.764. The Morgan fingerprint density at radius 1 is 1.14 bits per heavy atom. The topological polar surface area (TPSA) is 40.9 Å². The standard InChI is InChI=1S/C18H14BrNO/c19-17-7-2-1-6-15(17)16(11-20)18(21)14-9-8-12-4-3-5-13(12)10-14/h1-2,6-10,16H,3-5H2. The van der Waals surface area contributed by atoms with Crippen LogP contribution in [0.1, 0.15) is 39.4 Å². The number of rotatable bonds is 3. The lowest BCUT2D eigenvalue weighted by atomic mass is 9.90. The molecule has 0 aromatic heterocycles. The number of carbonyl (C=O) groups excluding carboxylic acids is 1. The van der Waals surface area contributed by atoms with Crippen molar-refractivity contribution in [2.45, 2.75) is 25.2 Å². The van der Waals surface area contributed by atoms with Crippen LogP contribution in [-0.2, 0) is 12.8 Å². The number of halogens is 1. The smallest absolute Gasteiger partial charge is 0.184 e. The van der Waals surface area contributed by atoms with E-state index in [0.717, 1.165) is 29.3 Å². The molecule has 0 saturated carbocycles. The predicted octanol–water partition coefficient (Wildman–Crippen LogP) is 4.43. The minimum absolute atomic E-state index is 0.126. The molecule has 0 amide bonds. The van der Waals surface area contributed by atoms with Gasteiger partial charge in [-0.3, -0.25) is 4.79 Å². The van der Waals surface area contributed by atoms with Crippen molar-refractivity contribution in [1.82, 2.24) is 0 Å². The Morgan fingerprint density at radius 3 is 2.67 bits per heavy atom. The van der Waals surface area contributed by atoms with E-state index < -0.39 is 5.92 Å². The maximum Gasteiger partial charge on any atom is 0.184 e. The lowest BCUT2D eigenvalue weighted by Gasteiger charge is -2.11. The molecule has 1 aliphatic rings. The van der Waals surface area contributed by atoms with Crippen LogP contribution < -0.4 is 0 Å². The Balaban J connectivity index is 1.97. The van der Waals surface area contributed by atoms with Gasteiger partial charge in [0.1, 0.15) is 5.92 Å². The Labute approximate surface area is 132 Å². The van der Waals surface area contributed by atoms with Gasteiger partial charge in [-0.25, -0.2) is 0 Å². The van der Waals surface area contributed by atoms with Crippen LogP contribution in [0.3, 0.4) is 0 Å². The third kappa shape index (κ3) is 2.64. The van der Waals surface area contributed by atoms with Crippen molar-refractivity contribution in [2.75, 3.05) is 0 Å². The molecule has 104 valence electrons. The van der Waals surface area contributed by atoms with Gasteiger partial charge in [-0.1, -0.05) is 46.3 Å². The minimum Gasteiger partial charge on any atom is -0.292 e. The maximum absolute atomic E-state index is 12.7. The third-order valence-corrected chi connectivity index (χ3v) is 4.71. The molecule has 1 unspecified atom stereocenters. The summed E-state index contributed by atoms with van der Waals surface area (Å²) >= 11 is 3.42. The molecule has 0 bridgehead atoms. The second kappa shape index (κ2) is 5.83. The summed E-state index contributed by atoms with van der Waals surface area (Å²) < 4.78 is 0.797. The van der Waals surface area contributed by atoms with Crippen LogP contribution in [0.2, 0.25) is 0 Å². The Morgan fingerprint density at radius 2 is 1.90 bits per heavy atom. The summed E-state index contributed by atoms with van der Waals surface area (Å²) in [6, 6.07) is 15.4. The second-order valence-electron chi connectivity index (χ2n) is 5.28. The van der Waals surface area contributed by atoms with Crippen LogP contribution in [0.4, 0.5) is 0 Å². The van der Waals surface area contributed by atoms with Crippen molar-refractivity contribution >= 4 is 21.7 Å². The summed E-state index contributed by atoms with van der Waals surface area (Å²) in [6.45, 7) is 0. The SMILES string of the molecule is N#CC(C(=O)c1ccc2c(c1)CCC2)c1ccccc1Br. The molecular formula is C18H14BrNO. The van der Waals surface area contributed by atoms with E-state index in [-0.39, 0.29) is 5.78 Å². The van der Waals surface area contributed by atoms with E-state index in [9.17, 15) is 10.1 Å². The molecule has 0 aliphatic heterocycles. The number of ketones is 1. The lowest BCUT2D eigenvalue weighted by Crippen LogP contribution is -2.12. The van der Waals surface area contributed by atoms with Gasteiger partial charge in [0.25, 0.3) is 0 Å². The average molecular weight is 340 g/mol. The number of hydrogen-bond donors (Lipinski definition) is 0. The molecule has 0 fully saturated rings. The van der Waals surface area contributed by atoms with Crippen molar-refractivity contribution in [3.8, 4) is 6.07 Å². The summed E-state index contributed by atoms with van der Waals surface area (Å²) in [6.07, 6.45) is 3.28. The van der Waals surface area contributed by atoms with Gasteiger partial charge < -0.3 is 0 Å². The van der Waals surface area contributed by atoms with Gasteiger partial charge in [-0.15, -0.1) is 0 Å². The van der Waals surface area contributed by atoms with E-state index in [1.54, 1.807) is 0 Å². The first kappa shape index (κ1) is 14.0. The van der Waals surface area contributed by atoms with E-state index in [1.165, 1.54) is 11.1 Å². The Bertz CT molecular complexity index is 745. The van der Waals surface area contributed by atoms with E-state index >= 15 is 0 Å². The number of nitrogens with zero attached hydrogens (tertiary/aromatic N) is 1. The first-order chi connectivity index (χ1) is 10.2. The fourth-order valence-corrected chi connectivity index (χ4v) is 3.38. The number of Topliss-reactive ketones (excluding diaryl/α,β-unsaturated/α-hetero) is 1. The van der Waals surface area contributed by atoms with Crippen LogP contribution in [0.15, 0.2) is 46.9 Å². The first-order valence-electron chi connectivity index (χ1n) is 7.01. The van der Waals surface area contributed by atoms with Crippen LogP contribution >= 0.6 is 15.9 Å². The van der Waals surface area contributed by atoms with Crippen LogP contribution in [0.5, 0.6) is 0 Å². The van der Waals surface area contributed by atoms with Gasteiger partial charge in [0.2, 0.25) is 0 Å². The molecule has 2 nitrogen and oxygen atoms in total. The van der Waals surface area contributed by atoms with E-state index in [0.29, 0.717) is 5.56 Å². The highest BCUT2D eigenvalue weighted by atomic mass is 79.9. The fraction of sp³-hybridized carbons (Fsp3) is 0.222. The first-order valence-corrected chi connectivity index (χ1v) is 7.80. The van der Waals surface area contributed by atoms with Crippen LogP contribution in [-0.4, -0.2) is 5.78 Å². The monoisotopic (exact) mass is 339 g/mol. The van der Waals surface area contributed by atoms with Crippen molar-refractivity contribution in [3.63, 3.8) is 0 Å².